The van der Waals surface area contributed by atoms with Crippen molar-refractivity contribution in [2.45, 2.75) is 6.42 Å². The molecule has 0 aliphatic rings. The molecule has 4 aromatic rings. The number of aromatic nitrogens is 3. The van der Waals surface area contributed by atoms with Gasteiger partial charge in [-0.2, -0.15) is 0 Å². The molecule has 4 rings (SSSR count). The Morgan fingerprint density at radius 2 is 1.93 bits per heavy atom. The van der Waals surface area contributed by atoms with Crippen LogP contribution in [0.4, 0.5) is 5.82 Å². The summed E-state index contributed by atoms with van der Waals surface area (Å²) < 4.78 is 1.19. The molecule has 0 fully saturated rings. The summed E-state index contributed by atoms with van der Waals surface area (Å²) in [6.45, 7) is 0.290. The Labute approximate surface area is 159 Å². The molecule has 1 aromatic carbocycles. The van der Waals surface area contributed by atoms with Crippen LogP contribution in [0.25, 0.3) is 32.9 Å². The van der Waals surface area contributed by atoms with Crippen molar-refractivity contribution in [1.82, 2.24) is 15.0 Å². The lowest BCUT2D eigenvalue weighted by molar-refractivity contribution is -0.136. The monoisotopic (exact) mass is 376 g/mol. The average molecular weight is 376 g/mol. The molecule has 0 atom stereocenters. The number of carboxylic acids is 1. The van der Waals surface area contributed by atoms with Crippen molar-refractivity contribution in [2.24, 2.45) is 0 Å². The highest BCUT2D eigenvalue weighted by Crippen LogP contribution is 2.34. The minimum Gasteiger partial charge on any atom is -0.481 e. The van der Waals surface area contributed by atoms with Crippen LogP contribution >= 0.6 is 11.3 Å². The number of fused-ring (bicyclic) bond motifs is 1. The van der Waals surface area contributed by atoms with E-state index in [1.807, 2.05) is 36.4 Å². The van der Waals surface area contributed by atoms with Gasteiger partial charge < -0.3 is 10.4 Å². The van der Waals surface area contributed by atoms with Crippen LogP contribution in [0.3, 0.4) is 0 Å². The van der Waals surface area contributed by atoms with Gasteiger partial charge in [0, 0.05) is 39.8 Å². The first kappa shape index (κ1) is 17.1. The molecule has 3 aromatic heterocycles. The van der Waals surface area contributed by atoms with Gasteiger partial charge in [0.15, 0.2) is 5.82 Å². The molecule has 0 aliphatic heterocycles. The van der Waals surface area contributed by atoms with Crippen molar-refractivity contribution in [1.29, 1.82) is 0 Å². The van der Waals surface area contributed by atoms with Gasteiger partial charge in [-0.15, -0.1) is 11.3 Å². The maximum atomic E-state index is 10.8. The van der Waals surface area contributed by atoms with Crippen LogP contribution in [0.15, 0.2) is 60.1 Å². The van der Waals surface area contributed by atoms with Gasteiger partial charge in [-0.05, 0) is 18.2 Å². The van der Waals surface area contributed by atoms with E-state index < -0.39 is 5.97 Å². The number of nitrogens with zero attached hydrogens (tertiary/aromatic N) is 3. The Kier molecular flexibility index (Phi) is 4.76. The third-order valence-corrected chi connectivity index (χ3v) is 4.99. The summed E-state index contributed by atoms with van der Waals surface area (Å²) in [6, 6.07) is 15.6. The normalized spacial score (nSPS) is 10.8. The number of nitrogens with one attached hydrogen (secondary N) is 1. The Morgan fingerprint density at radius 3 is 2.74 bits per heavy atom. The van der Waals surface area contributed by atoms with Gasteiger partial charge in [-0.25, -0.2) is 9.97 Å². The molecule has 0 radical (unpaired) electrons. The molecule has 3 heterocycles. The minimum atomic E-state index is -0.856. The SMILES string of the molecule is O=C(O)CCNc1cc(-c2csc3ccccc23)nc(-c2ccccn2)n1. The maximum Gasteiger partial charge on any atom is 0.305 e. The second-order valence-corrected chi connectivity index (χ2v) is 6.80. The van der Waals surface area contributed by atoms with Crippen molar-refractivity contribution >= 4 is 33.2 Å². The lowest BCUT2D eigenvalue weighted by Crippen LogP contribution is -2.09. The predicted molar refractivity (Wildman–Crippen MR) is 107 cm³/mol. The van der Waals surface area contributed by atoms with Gasteiger partial charge >= 0.3 is 5.97 Å². The molecule has 0 saturated heterocycles. The quantitative estimate of drug-likeness (QED) is 0.521. The third kappa shape index (κ3) is 3.78. The van der Waals surface area contributed by atoms with E-state index in [1.165, 1.54) is 4.70 Å². The maximum absolute atomic E-state index is 10.8. The van der Waals surface area contributed by atoms with E-state index in [0.717, 1.165) is 16.6 Å². The third-order valence-electron chi connectivity index (χ3n) is 4.02. The van der Waals surface area contributed by atoms with Crippen molar-refractivity contribution in [3.63, 3.8) is 0 Å². The zero-order chi connectivity index (χ0) is 18.6. The van der Waals surface area contributed by atoms with E-state index in [-0.39, 0.29) is 13.0 Å². The number of benzene rings is 1. The van der Waals surface area contributed by atoms with E-state index in [4.69, 9.17) is 10.1 Å². The van der Waals surface area contributed by atoms with E-state index in [9.17, 15) is 4.79 Å². The smallest absolute Gasteiger partial charge is 0.305 e. The van der Waals surface area contributed by atoms with Gasteiger partial charge in [0.1, 0.15) is 11.5 Å². The molecule has 27 heavy (non-hydrogen) atoms. The zero-order valence-corrected chi connectivity index (χ0v) is 15.1. The Hall–Kier alpha value is -3.32. The number of rotatable bonds is 6. The van der Waals surface area contributed by atoms with Gasteiger partial charge in [0.25, 0.3) is 0 Å². The fourth-order valence-electron chi connectivity index (χ4n) is 2.76. The lowest BCUT2D eigenvalue weighted by Gasteiger charge is -2.09. The average Bonchev–Trinajstić information content (AvgIpc) is 3.12. The lowest BCUT2D eigenvalue weighted by atomic mass is 10.1. The molecule has 0 spiro atoms. The highest BCUT2D eigenvalue weighted by molar-refractivity contribution is 7.17. The van der Waals surface area contributed by atoms with E-state index in [0.29, 0.717) is 17.3 Å². The first-order chi connectivity index (χ1) is 13.2. The molecular weight excluding hydrogens is 360 g/mol. The van der Waals surface area contributed by atoms with Crippen LogP contribution in [0.1, 0.15) is 6.42 Å². The number of hydrogen-bond donors (Lipinski definition) is 2. The number of anilines is 1. The number of thiophene rings is 1. The summed E-state index contributed by atoms with van der Waals surface area (Å²) in [7, 11) is 0. The van der Waals surface area contributed by atoms with Crippen molar-refractivity contribution in [2.75, 3.05) is 11.9 Å². The van der Waals surface area contributed by atoms with Gasteiger partial charge in [-0.3, -0.25) is 9.78 Å². The molecule has 0 aliphatic carbocycles. The minimum absolute atomic E-state index is 0.0135. The summed E-state index contributed by atoms with van der Waals surface area (Å²) in [5, 5.41) is 15.2. The number of pyridine rings is 1. The fourth-order valence-corrected chi connectivity index (χ4v) is 3.71. The first-order valence-electron chi connectivity index (χ1n) is 8.43. The molecular formula is C20H16N4O2S. The first-order valence-corrected chi connectivity index (χ1v) is 9.31. The molecule has 0 amide bonds. The highest BCUT2D eigenvalue weighted by Gasteiger charge is 2.13. The Morgan fingerprint density at radius 1 is 1.07 bits per heavy atom. The van der Waals surface area contributed by atoms with E-state index in [1.54, 1.807) is 17.5 Å². The Balaban J connectivity index is 1.79. The second kappa shape index (κ2) is 7.51. The van der Waals surface area contributed by atoms with Crippen molar-refractivity contribution < 1.29 is 9.90 Å². The van der Waals surface area contributed by atoms with E-state index in [2.05, 4.69) is 32.8 Å². The van der Waals surface area contributed by atoms with Crippen LogP contribution in [0.2, 0.25) is 0 Å². The molecule has 7 heteroatoms. The van der Waals surface area contributed by atoms with Gasteiger partial charge in [0.05, 0.1) is 12.1 Å². The van der Waals surface area contributed by atoms with Gasteiger partial charge in [-0.1, -0.05) is 24.3 Å². The summed E-state index contributed by atoms with van der Waals surface area (Å²) in [6.07, 6.45) is 1.71. The predicted octanol–water partition coefficient (Wildman–Crippen LogP) is 4.31. The van der Waals surface area contributed by atoms with Gasteiger partial charge in [0.2, 0.25) is 0 Å². The number of hydrogen-bond acceptors (Lipinski definition) is 6. The zero-order valence-electron chi connectivity index (χ0n) is 14.3. The largest absolute Gasteiger partial charge is 0.481 e. The number of carbonyl (C=O) groups is 1. The molecule has 0 saturated carbocycles. The highest BCUT2D eigenvalue weighted by atomic mass is 32.1. The summed E-state index contributed by atoms with van der Waals surface area (Å²) in [5.74, 6) is 0.226. The topological polar surface area (TPSA) is 88.0 Å². The molecule has 0 unspecified atom stereocenters. The standard InChI is InChI=1S/C20H16N4O2S/c25-19(26)8-10-22-18-11-16(14-12-27-17-7-2-1-5-13(14)17)23-20(24-18)15-6-3-4-9-21-15/h1-7,9,11-12H,8,10H2,(H,25,26)(H,22,23,24). The fraction of sp³-hybridized carbons (Fsp3) is 0.100. The van der Waals surface area contributed by atoms with E-state index >= 15 is 0 Å². The second-order valence-electron chi connectivity index (χ2n) is 5.89. The summed E-state index contributed by atoms with van der Waals surface area (Å²) in [5.41, 5.74) is 2.47. The Bertz CT molecular complexity index is 1100. The van der Waals surface area contributed by atoms with Crippen molar-refractivity contribution in [3.05, 3.63) is 60.1 Å². The van der Waals surface area contributed by atoms with Crippen LogP contribution in [-0.2, 0) is 4.79 Å². The van der Waals surface area contributed by atoms with Crippen LogP contribution in [0.5, 0.6) is 0 Å². The number of aliphatic carboxylic acids is 1. The summed E-state index contributed by atoms with van der Waals surface area (Å²) in [4.78, 5) is 24.4. The molecule has 2 N–H and O–H groups in total. The molecule has 134 valence electrons. The molecule has 0 bridgehead atoms. The van der Waals surface area contributed by atoms with Crippen LogP contribution in [-0.4, -0.2) is 32.6 Å². The van der Waals surface area contributed by atoms with Crippen LogP contribution < -0.4 is 5.32 Å². The molecule has 6 nitrogen and oxygen atoms in total. The van der Waals surface area contributed by atoms with Crippen LogP contribution in [0, 0.1) is 0 Å². The summed E-state index contributed by atoms with van der Waals surface area (Å²) >= 11 is 1.66. The van der Waals surface area contributed by atoms with Crippen molar-refractivity contribution in [3.8, 4) is 22.8 Å². The number of carboxylic acid groups (broad SMARTS) is 1.